The van der Waals surface area contributed by atoms with Gasteiger partial charge in [-0.2, -0.15) is 5.10 Å². The van der Waals surface area contributed by atoms with E-state index in [9.17, 15) is 13.2 Å². The number of rotatable bonds is 9. The van der Waals surface area contributed by atoms with Crippen LogP contribution in [0.1, 0.15) is 11.1 Å². The first-order chi connectivity index (χ1) is 16.2. The molecule has 0 fully saturated rings. The van der Waals surface area contributed by atoms with Gasteiger partial charge in [0, 0.05) is 16.7 Å². The summed E-state index contributed by atoms with van der Waals surface area (Å²) >= 11 is 6.08. The van der Waals surface area contributed by atoms with Crippen LogP contribution in [0.15, 0.2) is 76.7 Å². The van der Waals surface area contributed by atoms with Crippen LogP contribution in [0, 0.1) is 6.92 Å². The number of carbonyl (C=O) groups is 1. The van der Waals surface area contributed by atoms with Crippen molar-refractivity contribution in [1.29, 1.82) is 0 Å². The van der Waals surface area contributed by atoms with Crippen molar-refractivity contribution in [3.8, 4) is 11.5 Å². The van der Waals surface area contributed by atoms with Gasteiger partial charge in [0.2, 0.25) is 0 Å². The second-order valence-corrected chi connectivity index (χ2v) is 9.50. The van der Waals surface area contributed by atoms with E-state index in [1.54, 1.807) is 55.6 Å². The summed E-state index contributed by atoms with van der Waals surface area (Å²) in [7, 11) is -1.01. The van der Waals surface area contributed by atoms with Crippen molar-refractivity contribution in [3.05, 3.63) is 82.9 Å². The topological polar surface area (TPSA) is 97.3 Å². The largest absolute Gasteiger partial charge is 0.497 e. The maximum Gasteiger partial charge on any atom is 0.264 e. The number of amides is 1. The van der Waals surface area contributed by atoms with Crippen LogP contribution >= 0.6 is 11.6 Å². The quantitative estimate of drug-likeness (QED) is 0.353. The highest BCUT2D eigenvalue weighted by Gasteiger charge is 2.27. The van der Waals surface area contributed by atoms with E-state index < -0.39 is 22.5 Å². The van der Waals surface area contributed by atoms with E-state index >= 15 is 0 Å². The van der Waals surface area contributed by atoms with E-state index in [2.05, 4.69) is 10.5 Å². The number of methoxy groups -OCH3 is 2. The van der Waals surface area contributed by atoms with Gasteiger partial charge in [0.15, 0.2) is 0 Å². The van der Waals surface area contributed by atoms with E-state index in [0.717, 1.165) is 9.87 Å². The number of hydrazone groups is 1. The number of ether oxygens (including phenoxy) is 2. The zero-order valence-corrected chi connectivity index (χ0v) is 20.4. The van der Waals surface area contributed by atoms with E-state index in [0.29, 0.717) is 22.1 Å². The van der Waals surface area contributed by atoms with Gasteiger partial charge in [-0.1, -0.05) is 35.4 Å². The van der Waals surface area contributed by atoms with Gasteiger partial charge in [-0.05, 0) is 49.4 Å². The highest BCUT2D eigenvalue weighted by Crippen LogP contribution is 2.26. The van der Waals surface area contributed by atoms with E-state index in [4.69, 9.17) is 21.1 Å². The Morgan fingerprint density at radius 2 is 1.79 bits per heavy atom. The fraction of sp³-hybridized carbons (Fsp3) is 0.167. The third kappa shape index (κ3) is 6.06. The van der Waals surface area contributed by atoms with Gasteiger partial charge in [-0.3, -0.25) is 9.10 Å². The molecule has 0 aromatic heterocycles. The summed E-state index contributed by atoms with van der Waals surface area (Å²) in [6, 6.07) is 17.8. The van der Waals surface area contributed by atoms with Gasteiger partial charge in [0.25, 0.3) is 15.9 Å². The minimum absolute atomic E-state index is 0.0531. The van der Waals surface area contributed by atoms with Gasteiger partial charge in [0.1, 0.15) is 18.0 Å². The molecule has 0 spiro atoms. The van der Waals surface area contributed by atoms with Crippen LogP contribution < -0.4 is 19.2 Å². The van der Waals surface area contributed by atoms with E-state index in [-0.39, 0.29) is 10.6 Å². The van der Waals surface area contributed by atoms with Crippen molar-refractivity contribution < 1.29 is 22.7 Å². The highest BCUT2D eigenvalue weighted by atomic mass is 35.5. The number of hydrogen-bond acceptors (Lipinski definition) is 6. The van der Waals surface area contributed by atoms with E-state index in [1.807, 2.05) is 6.92 Å². The van der Waals surface area contributed by atoms with Crippen LogP contribution in [-0.4, -0.2) is 41.3 Å². The normalized spacial score (nSPS) is 11.3. The smallest absolute Gasteiger partial charge is 0.264 e. The first kappa shape index (κ1) is 25.1. The van der Waals surface area contributed by atoms with Crippen LogP contribution in [0.4, 0.5) is 5.69 Å². The molecule has 0 heterocycles. The van der Waals surface area contributed by atoms with Gasteiger partial charge in [-0.15, -0.1) is 0 Å². The Morgan fingerprint density at radius 3 is 2.44 bits per heavy atom. The minimum Gasteiger partial charge on any atom is -0.497 e. The number of carbonyl (C=O) groups excluding carboxylic acids is 1. The number of halogens is 1. The SMILES string of the molecule is COc1ccc(/C=N\NC(=O)CN(c2cccc(Cl)c2)S(=O)(=O)c2ccc(C)cc2)c(OC)c1. The second-order valence-electron chi connectivity index (χ2n) is 7.21. The van der Waals surface area contributed by atoms with Gasteiger partial charge >= 0.3 is 0 Å². The third-order valence-electron chi connectivity index (χ3n) is 4.83. The Morgan fingerprint density at radius 1 is 1.06 bits per heavy atom. The molecule has 0 unspecified atom stereocenters. The number of nitrogens with one attached hydrogen (secondary N) is 1. The average Bonchev–Trinajstić information content (AvgIpc) is 2.82. The average molecular weight is 502 g/mol. The van der Waals surface area contributed by atoms with Crippen LogP contribution in [0.5, 0.6) is 11.5 Å². The molecule has 0 saturated carbocycles. The summed E-state index contributed by atoms with van der Waals surface area (Å²) < 4.78 is 38.2. The van der Waals surface area contributed by atoms with E-state index in [1.165, 1.54) is 31.5 Å². The van der Waals surface area contributed by atoms with Crippen molar-refractivity contribution in [1.82, 2.24) is 5.43 Å². The lowest BCUT2D eigenvalue weighted by Crippen LogP contribution is -2.39. The van der Waals surface area contributed by atoms with Crippen molar-refractivity contribution in [3.63, 3.8) is 0 Å². The summed E-state index contributed by atoms with van der Waals surface area (Å²) in [6.07, 6.45) is 1.40. The van der Waals surface area contributed by atoms with Crippen LogP contribution in [-0.2, 0) is 14.8 Å². The monoisotopic (exact) mass is 501 g/mol. The molecule has 8 nitrogen and oxygen atoms in total. The van der Waals surface area contributed by atoms with Crippen LogP contribution in [0.2, 0.25) is 5.02 Å². The third-order valence-corrected chi connectivity index (χ3v) is 6.85. The summed E-state index contributed by atoms with van der Waals surface area (Å²) in [6.45, 7) is 1.35. The van der Waals surface area contributed by atoms with Gasteiger partial charge < -0.3 is 9.47 Å². The summed E-state index contributed by atoms with van der Waals surface area (Å²) in [4.78, 5) is 12.7. The summed E-state index contributed by atoms with van der Waals surface area (Å²) in [5.41, 5.74) is 4.13. The Balaban J connectivity index is 1.83. The first-order valence-electron chi connectivity index (χ1n) is 10.1. The maximum atomic E-state index is 13.4. The van der Waals surface area contributed by atoms with Crippen molar-refractivity contribution in [2.45, 2.75) is 11.8 Å². The molecule has 3 aromatic rings. The molecule has 0 bridgehead atoms. The van der Waals surface area contributed by atoms with Crippen LogP contribution in [0.3, 0.4) is 0 Å². The Bertz CT molecular complexity index is 1290. The molecule has 0 atom stereocenters. The number of benzene rings is 3. The molecule has 10 heteroatoms. The molecule has 0 aliphatic carbocycles. The Hall–Kier alpha value is -3.56. The standard InChI is InChI=1S/C24H24ClN3O5S/c1-17-7-11-22(12-8-17)34(30,31)28(20-6-4-5-19(25)13-20)16-24(29)27-26-15-18-9-10-21(32-2)14-23(18)33-3/h4-15H,16H2,1-3H3,(H,27,29)/b26-15-. The molecule has 3 aromatic carbocycles. The molecule has 1 amide bonds. The van der Waals surface area contributed by atoms with Gasteiger partial charge in [-0.25, -0.2) is 13.8 Å². The molecule has 1 N–H and O–H groups in total. The van der Waals surface area contributed by atoms with Crippen LogP contribution in [0.25, 0.3) is 0 Å². The van der Waals surface area contributed by atoms with Crippen molar-refractivity contribution in [2.24, 2.45) is 5.10 Å². The fourth-order valence-electron chi connectivity index (χ4n) is 3.05. The second kappa shape index (κ2) is 11.0. The molecule has 0 saturated heterocycles. The Labute approximate surface area is 203 Å². The fourth-order valence-corrected chi connectivity index (χ4v) is 4.65. The lowest BCUT2D eigenvalue weighted by Gasteiger charge is -2.24. The number of nitrogens with zero attached hydrogens (tertiary/aromatic N) is 2. The Kier molecular flexibility index (Phi) is 8.14. The molecular weight excluding hydrogens is 478 g/mol. The summed E-state index contributed by atoms with van der Waals surface area (Å²) in [5.74, 6) is 0.468. The zero-order valence-electron chi connectivity index (χ0n) is 18.9. The molecule has 0 aliphatic heterocycles. The van der Waals surface area contributed by atoms with Crippen molar-refractivity contribution in [2.75, 3.05) is 25.1 Å². The minimum atomic E-state index is -4.05. The number of sulfonamides is 1. The predicted molar refractivity (Wildman–Crippen MR) is 132 cm³/mol. The lowest BCUT2D eigenvalue weighted by molar-refractivity contribution is -0.119. The summed E-state index contributed by atoms with van der Waals surface area (Å²) in [5, 5.41) is 4.28. The molecule has 0 radical (unpaired) electrons. The first-order valence-corrected chi connectivity index (χ1v) is 12.0. The highest BCUT2D eigenvalue weighted by molar-refractivity contribution is 7.92. The molecule has 34 heavy (non-hydrogen) atoms. The number of aryl methyl sites for hydroxylation is 1. The molecule has 3 rings (SSSR count). The predicted octanol–water partition coefficient (Wildman–Crippen LogP) is 4.01. The number of hydrogen-bond donors (Lipinski definition) is 1. The lowest BCUT2D eigenvalue weighted by atomic mass is 10.2. The van der Waals surface area contributed by atoms with Crippen molar-refractivity contribution >= 4 is 39.4 Å². The zero-order chi connectivity index (χ0) is 24.7. The molecule has 178 valence electrons. The number of anilines is 1. The van der Waals surface area contributed by atoms with Gasteiger partial charge in [0.05, 0.1) is 31.0 Å². The molecule has 0 aliphatic rings. The maximum absolute atomic E-state index is 13.4. The molecular formula is C24H24ClN3O5S.